The fraction of sp³-hybridized carbons (Fsp3) is 0.235. The number of ether oxygens (including phenoxy) is 1. The zero-order valence-electron chi connectivity index (χ0n) is 11.1. The van der Waals surface area contributed by atoms with E-state index >= 15 is 0 Å². The van der Waals surface area contributed by atoms with Crippen molar-refractivity contribution in [2.24, 2.45) is 5.92 Å². The largest absolute Gasteiger partial charge is 0.497 e. The monoisotopic (exact) mass is 270 g/mol. The van der Waals surface area contributed by atoms with Crippen molar-refractivity contribution in [3.05, 3.63) is 65.7 Å². The molecule has 0 aromatic heterocycles. The van der Waals surface area contributed by atoms with Crippen LogP contribution in [-0.2, 0) is 0 Å². The molecule has 0 heterocycles. The lowest BCUT2D eigenvalue weighted by Gasteiger charge is -2.02. The number of ketones is 1. The molecule has 1 saturated carbocycles. The predicted octanol–water partition coefficient (Wildman–Crippen LogP) is 3.63. The number of methoxy groups -OCH3 is 1. The van der Waals surface area contributed by atoms with Gasteiger partial charge >= 0.3 is 0 Å². The highest BCUT2D eigenvalue weighted by Crippen LogP contribution is 2.52. The van der Waals surface area contributed by atoms with Crippen molar-refractivity contribution in [2.45, 2.75) is 12.1 Å². The molecule has 102 valence electrons. The number of alkyl halides is 1. The Hall–Kier alpha value is -2.16. The number of Topliss-reactive ketones (excluding diaryl/α,β-unsaturated/α-hetero) is 1. The first kappa shape index (κ1) is 12.9. The van der Waals surface area contributed by atoms with Crippen molar-refractivity contribution >= 4 is 5.78 Å². The van der Waals surface area contributed by atoms with Crippen LogP contribution >= 0.6 is 0 Å². The maximum atomic E-state index is 14.0. The van der Waals surface area contributed by atoms with Crippen LogP contribution in [0.15, 0.2) is 54.6 Å². The summed E-state index contributed by atoms with van der Waals surface area (Å²) in [6.45, 7) is 0. The van der Waals surface area contributed by atoms with Crippen LogP contribution in [0.2, 0.25) is 0 Å². The molecule has 0 bridgehead atoms. The molecule has 2 aromatic carbocycles. The molecule has 1 fully saturated rings. The summed E-state index contributed by atoms with van der Waals surface area (Å²) in [6.07, 6.45) is -1.09. The van der Waals surface area contributed by atoms with E-state index < -0.39 is 12.1 Å². The van der Waals surface area contributed by atoms with Gasteiger partial charge < -0.3 is 4.74 Å². The fourth-order valence-corrected chi connectivity index (χ4v) is 2.59. The summed E-state index contributed by atoms with van der Waals surface area (Å²) in [5.74, 6) is -0.255. The van der Waals surface area contributed by atoms with Crippen molar-refractivity contribution in [1.82, 2.24) is 0 Å². The van der Waals surface area contributed by atoms with Crippen LogP contribution in [0.5, 0.6) is 5.75 Å². The molecule has 1 aliphatic rings. The van der Waals surface area contributed by atoms with E-state index in [-0.39, 0.29) is 11.7 Å². The summed E-state index contributed by atoms with van der Waals surface area (Å²) in [5.41, 5.74) is 1.43. The maximum Gasteiger partial charge on any atom is 0.169 e. The number of halogens is 1. The van der Waals surface area contributed by atoms with Gasteiger partial charge in [-0.2, -0.15) is 0 Å². The average Bonchev–Trinajstić information content (AvgIpc) is 3.18. The fourth-order valence-electron chi connectivity index (χ4n) is 2.59. The van der Waals surface area contributed by atoms with Gasteiger partial charge in [-0.05, 0) is 17.7 Å². The molecule has 3 rings (SSSR count). The minimum Gasteiger partial charge on any atom is -0.497 e. The Morgan fingerprint density at radius 1 is 1.05 bits per heavy atom. The maximum absolute atomic E-state index is 14.0. The van der Waals surface area contributed by atoms with E-state index in [2.05, 4.69) is 0 Å². The number of rotatable bonds is 4. The second kappa shape index (κ2) is 5.08. The number of carbonyl (C=O) groups excluding carboxylic acids is 1. The second-order valence-electron chi connectivity index (χ2n) is 5.00. The van der Waals surface area contributed by atoms with Crippen LogP contribution in [0.4, 0.5) is 4.39 Å². The molecule has 0 aliphatic heterocycles. The molecule has 3 heteroatoms. The molecule has 2 nitrogen and oxygen atoms in total. The third kappa shape index (κ3) is 2.20. The highest BCUT2D eigenvalue weighted by Gasteiger charge is 2.56. The normalized spacial score (nSPS) is 24.2. The third-order valence-corrected chi connectivity index (χ3v) is 3.79. The Morgan fingerprint density at radius 2 is 1.70 bits per heavy atom. The smallest absolute Gasteiger partial charge is 0.169 e. The summed E-state index contributed by atoms with van der Waals surface area (Å²) < 4.78 is 19.1. The van der Waals surface area contributed by atoms with Crippen molar-refractivity contribution in [3.63, 3.8) is 0 Å². The summed E-state index contributed by atoms with van der Waals surface area (Å²) in [7, 11) is 1.59. The lowest BCUT2D eigenvalue weighted by Crippen LogP contribution is -2.04. The van der Waals surface area contributed by atoms with Crippen LogP contribution in [0.3, 0.4) is 0 Å². The molecule has 2 aromatic rings. The SMILES string of the molecule is COc1ccc([C@H]2[C@H](F)[C@@H]2C(=O)c2ccccc2)cc1. The van der Waals surface area contributed by atoms with Crippen molar-refractivity contribution in [2.75, 3.05) is 7.11 Å². The van der Waals surface area contributed by atoms with Gasteiger partial charge in [-0.15, -0.1) is 0 Å². The van der Waals surface area contributed by atoms with Crippen molar-refractivity contribution < 1.29 is 13.9 Å². The van der Waals surface area contributed by atoms with Crippen molar-refractivity contribution in [1.29, 1.82) is 0 Å². The molecule has 0 radical (unpaired) electrons. The van der Waals surface area contributed by atoms with Gasteiger partial charge in [0.15, 0.2) is 5.78 Å². The molecule has 0 spiro atoms. The summed E-state index contributed by atoms with van der Waals surface area (Å²) in [4.78, 5) is 12.3. The van der Waals surface area contributed by atoms with Gasteiger partial charge in [-0.25, -0.2) is 4.39 Å². The Labute approximate surface area is 117 Å². The van der Waals surface area contributed by atoms with E-state index in [1.165, 1.54) is 0 Å². The Bertz CT molecular complexity index is 607. The highest BCUT2D eigenvalue weighted by molar-refractivity contribution is 6.01. The number of carbonyl (C=O) groups is 1. The topological polar surface area (TPSA) is 26.3 Å². The summed E-state index contributed by atoms with van der Waals surface area (Å²) in [6, 6.07) is 16.2. The molecular weight excluding hydrogens is 255 g/mol. The lowest BCUT2D eigenvalue weighted by molar-refractivity contribution is 0.0956. The van der Waals surface area contributed by atoms with Crippen LogP contribution < -0.4 is 4.74 Å². The molecule has 1 aliphatic carbocycles. The number of hydrogen-bond donors (Lipinski definition) is 0. The Morgan fingerprint density at radius 3 is 2.30 bits per heavy atom. The standard InChI is InChI=1S/C17H15FO2/c1-20-13-9-7-11(8-10-13)14-15(16(14)18)17(19)12-5-3-2-4-6-12/h2-10,14-16H,1H3/t14-,15-,16+/m1/s1. The number of benzene rings is 2. The van der Waals surface area contributed by atoms with Gasteiger partial charge in [-0.1, -0.05) is 42.5 Å². The van der Waals surface area contributed by atoms with E-state index in [9.17, 15) is 9.18 Å². The van der Waals surface area contributed by atoms with E-state index in [4.69, 9.17) is 4.74 Å². The van der Waals surface area contributed by atoms with Crippen LogP contribution in [0.25, 0.3) is 0 Å². The molecular formula is C17H15FO2. The molecule has 0 unspecified atom stereocenters. The van der Waals surface area contributed by atoms with Gasteiger partial charge in [0.05, 0.1) is 13.0 Å². The van der Waals surface area contributed by atoms with Gasteiger partial charge in [0.25, 0.3) is 0 Å². The predicted molar refractivity (Wildman–Crippen MR) is 74.9 cm³/mol. The molecule has 20 heavy (non-hydrogen) atoms. The molecule has 0 amide bonds. The number of hydrogen-bond acceptors (Lipinski definition) is 2. The van der Waals surface area contributed by atoms with Gasteiger partial charge in [0.1, 0.15) is 11.9 Å². The quantitative estimate of drug-likeness (QED) is 0.793. The first-order chi connectivity index (χ1) is 9.72. The first-order valence-corrected chi connectivity index (χ1v) is 6.59. The van der Waals surface area contributed by atoms with Gasteiger partial charge in [0, 0.05) is 11.5 Å². The Balaban J connectivity index is 1.78. The van der Waals surface area contributed by atoms with E-state index in [0.717, 1.165) is 11.3 Å². The lowest BCUT2D eigenvalue weighted by atomic mass is 10.0. The van der Waals surface area contributed by atoms with Crippen LogP contribution in [0, 0.1) is 5.92 Å². The second-order valence-corrected chi connectivity index (χ2v) is 5.00. The molecule has 0 saturated heterocycles. The zero-order chi connectivity index (χ0) is 14.1. The minimum absolute atomic E-state index is 0.112. The average molecular weight is 270 g/mol. The van der Waals surface area contributed by atoms with Crippen LogP contribution in [-0.4, -0.2) is 19.1 Å². The van der Waals surface area contributed by atoms with Crippen molar-refractivity contribution in [3.8, 4) is 5.75 Å². The van der Waals surface area contributed by atoms with E-state index in [1.807, 2.05) is 18.2 Å². The molecule has 3 atom stereocenters. The Kier molecular flexibility index (Phi) is 3.26. The van der Waals surface area contributed by atoms with Crippen LogP contribution in [0.1, 0.15) is 21.8 Å². The summed E-state index contributed by atoms with van der Waals surface area (Å²) >= 11 is 0. The highest BCUT2D eigenvalue weighted by atomic mass is 19.1. The van der Waals surface area contributed by atoms with E-state index in [1.54, 1.807) is 43.5 Å². The third-order valence-electron chi connectivity index (χ3n) is 3.79. The first-order valence-electron chi connectivity index (χ1n) is 6.59. The van der Waals surface area contributed by atoms with Gasteiger partial charge in [-0.3, -0.25) is 4.79 Å². The molecule has 0 N–H and O–H groups in total. The summed E-state index contributed by atoms with van der Waals surface area (Å²) in [5, 5.41) is 0. The van der Waals surface area contributed by atoms with E-state index in [0.29, 0.717) is 5.56 Å². The minimum atomic E-state index is -1.09. The van der Waals surface area contributed by atoms with Gasteiger partial charge in [0.2, 0.25) is 0 Å². The zero-order valence-corrected chi connectivity index (χ0v) is 11.1.